The topological polar surface area (TPSA) is 94.1 Å². The van der Waals surface area contributed by atoms with Crippen LogP contribution in [0.4, 0.5) is 0 Å². The zero-order valence-electron chi connectivity index (χ0n) is 6.27. The van der Waals surface area contributed by atoms with Gasteiger partial charge >= 0.3 is 10.2 Å². The van der Waals surface area contributed by atoms with Gasteiger partial charge < -0.3 is 9.90 Å². The molecule has 0 fully saturated rings. The number of nitrogens with two attached hydrogens (primary N) is 1. The van der Waals surface area contributed by atoms with Crippen LogP contribution < -0.4 is 9.83 Å². The van der Waals surface area contributed by atoms with Crippen molar-refractivity contribution in [3.8, 4) is 0 Å². The molecule has 0 aliphatic rings. The van der Waals surface area contributed by atoms with E-state index in [2.05, 4.69) is 0 Å². The largest absolute Gasteiger partial charge is 0.544 e. The Kier molecular flexibility index (Phi) is 3.43. The number of hydrogen-bond acceptors (Lipinski definition) is 4. The summed E-state index contributed by atoms with van der Waals surface area (Å²) >= 11 is 0. The quantitative estimate of drug-likeness (QED) is 0.481. The first-order valence-electron chi connectivity index (χ1n) is 2.82. The first-order valence-corrected chi connectivity index (χ1v) is 4.32. The van der Waals surface area contributed by atoms with Gasteiger partial charge in [-0.1, -0.05) is 0 Å². The number of aliphatic carboxylic acids is 1. The molecule has 0 aliphatic carbocycles. The Bertz CT molecular complexity index is 232. The number of quaternary nitrogens is 1. The lowest BCUT2D eigenvalue weighted by molar-refractivity contribution is -0.503. The molecule has 0 radical (unpaired) electrons. The zero-order chi connectivity index (χ0) is 9.07. The van der Waals surface area contributed by atoms with Crippen molar-refractivity contribution in [1.82, 2.24) is 4.31 Å². The van der Waals surface area contributed by atoms with Crippen LogP contribution in [0.1, 0.15) is 0 Å². The van der Waals surface area contributed by atoms with Crippen LogP contribution in [0, 0.1) is 0 Å². The minimum Gasteiger partial charge on any atom is -0.544 e. The first kappa shape index (κ1) is 10.3. The normalized spacial score (nSPS) is 11.9. The van der Waals surface area contributed by atoms with Crippen LogP contribution >= 0.6 is 0 Å². The Labute approximate surface area is 65.0 Å². The van der Waals surface area contributed by atoms with E-state index in [1.54, 1.807) is 0 Å². The van der Waals surface area contributed by atoms with Gasteiger partial charge in [0.2, 0.25) is 0 Å². The van der Waals surface area contributed by atoms with E-state index in [4.69, 9.17) is 0 Å². The zero-order valence-corrected chi connectivity index (χ0v) is 7.09. The molecule has 6 nitrogen and oxygen atoms in total. The molecular formula is C4H10N2O4S. The summed E-state index contributed by atoms with van der Waals surface area (Å²) in [5, 5.41) is 9.84. The van der Waals surface area contributed by atoms with Gasteiger partial charge in [0.15, 0.2) is 0 Å². The molecule has 0 aromatic heterocycles. The van der Waals surface area contributed by atoms with E-state index >= 15 is 0 Å². The second kappa shape index (κ2) is 3.65. The van der Waals surface area contributed by atoms with Gasteiger partial charge in [-0.25, -0.2) is 4.72 Å². The Morgan fingerprint density at radius 3 is 2.27 bits per heavy atom. The van der Waals surface area contributed by atoms with Crippen LogP contribution in [0.15, 0.2) is 0 Å². The van der Waals surface area contributed by atoms with Crippen LogP contribution in [0.2, 0.25) is 0 Å². The standard InChI is InChI=1S/C4H10N2O4S/c1-6(2)11(9,10)5-3-4(7)8/h5H,3H2,1-2H3,(H,7,8). The van der Waals surface area contributed by atoms with Crippen molar-refractivity contribution in [3.05, 3.63) is 0 Å². The summed E-state index contributed by atoms with van der Waals surface area (Å²) in [6.45, 7) is -0.583. The molecule has 0 rings (SSSR count). The van der Waals surface area contributed by atoms with E-state index in [1.165, 1.54) is 14.1 Å². The molecule has 0 saturated carbocycles. The summed E-state index contributed by atoms with van der Waals surface area (Å²) < 4.78 is 23.3. The van der Waals surface area contributed by atoms with Gasteiger partial charge in [0.05, 0.1) is 5.97 Å². The van der Waals surface area contributed by atoms with Crippen LogP contribution in [0.3, 0.4) is 0 Å². The second-order valence-corrected chi connectivity index (χ2v) is 4.16. The summed E-state index contributed by atoms with van der Waals surface area (Å²) in [7, 11) is -0.865. The predicted octanol–water partition coefficient (Wildman–Crippen LogP) is -3.89. The van der Waals surface area contributed by atoms with Crippen LogP contribution in [0.25, 0.3) is 0 Å². The van der Waals surface area contributed by atoms with Crippen LogP contribution in [-0.4, -0.2) is 39.3 Å². The van der Waals surface area contributed by atoms with Crippen molar-refractivity contribution in [2.24, 2.45) is 0 Å². The lowest BCUT2D eigenvalue weighted by Gasteiger charge is -2.08. The highest BCUT2D eigenvalue weighted by Crippen LogP contribution is 1.76. The highest BCUT2D eigenvalue weighted by molar-refractivity contribution is 7.82. The first-order chi connectivity index (χ1) is 4.86. The minimum atomic E-state index is -3.51. The van der Waals surface area contributed by atoms with Gasteiger partial charge in [0, 0.05) is 14.1 Å². The fourth-order valence-corrected chi connectivity index (χ4v) is 0.967. The van der Waals surface area contributed by atoms with Gasteiger partial charge in [0.25, 0.3) is 0 Å². The molecule has 0 aliphatic heterocycles. The molecule has 0 unspecified atom stereocenters. The number of rotatable bonds is 4. The Morgan fingerprint density at radius 1 is 1.55 bits per heavy atom. The smallest absolute Gasteiger partial charge is 0.369 e. The molecule has 0 aromatic rings. The molecular weight excluding hydrogens is 172 g/mol. The molecule has 7 heteroatoms. The minimum absolute atomic E-state index is 0.583. The van der Waals surface area contributed by atoms with Crippen molar-refractivity contribution in [2.75, 3.05) is 20.6 Å². The summed E-state index contributed by atoms with van der Waals surface area (Å²) in [6, 6.07) is 0. The summed E-state index contributed by atoms with van der Waals surface area (Å²) in [5.41, 5.74) is 0. The average molecular weight is 182 g/mol. The Morgan fingerprint density at radius 2 is 2.00 bits per heavy atom. The Hall–Kier alpha value is -0.660. The molecule has 0 amide bonds. The maximum Gasteiger partial charge on any atom is 0.369 e. The lowest BCUT2D eigenvalue weighted by Crippen LogP contribution is -2.91. The van der Waals surface area contributed by atoms with Crippen molar-refractivity contribution in [1.29, 1.82) is 0 Å². The van der Waals surface area contributed by atoms with Crippen molar-refractivity contribution < 1.29 is 23.0 Å². The molecule has 0 atom stereocenters. The second-order valence-electron chi connectivity index (χ2n) is 2.07. The van der Waals surface area contributed by atoms with E-state index in [9.17, 15) is 18.3 Å². The third-order valence-corrected chi connectivity index (χ3v) is 2.58. The van der Waals surface area contributed by atoms with Crippen molar-refractivity contribution in [3.63, 3.8) is 0 Å². The van der Waals surface area contributed by atoms with E-state index in [1.807, 2.05) is 0 Å². The number of hydrogen-bond donors (Lipinski definition) is 1. The van der Waals surface area contributed by atoms with E-state index in [-0.39, 0.29) is 0 Å². The van der Waals surface area contributed by atoms with Gasteiger partial charge in [-0.3, -0.25) is 0 Å². The lowest BCUT2D eigenvalue weighted by atomic mass is 10.7. The number of carbonyl (C=O) groups is 1. The average Bonchev–Trinajstić information content (AvgIpc) is 1.84. The Balaban J connectivity index is 4.05. The summed E-state index contributed by atoms with van der Waals surface area (Å²) in [5.74, 6) is -1.41. The number of carboxylic acids is 1. The fraction of sp³-hybridized carbons (Fsp3) is 0.750. The monoisotopic (exact) mass is 182 g/mol. The SMILES string of the molecule is CN(C)S(=O)(=O)[NH2+]CC(=O)[O-]. The maximum atomic E-state index is 10.8. The number of nitrogens with zero attached hydrogens (tertiary/aromatic N) is 1. The molecule has 11 heavy (non-hydrogen) atoms. The van der Waals surface area contributed by atoms with Gasteiger partial charge in [-0.15, -0.1) is 0 Å². The van der Waals surface area contributed by atoms with Gasteiger partial charge in [-0.2, -0.15) is 12.7 Å². The van der Waals surface area contributed by atoms with Gasteiger partial charge in [-0.05, 0) is 0 Å². The molecule has 66 valence electrons. The van der Waals surface area contributed by atoms with E-state index in [0.717, 1.165) is 4.31 Å². The number of carbonyl (C=O) groups excluding carboxylic acids is 1. The third-order valence-electron chi connectivity index (χ3n) is 0.970. The molecule has 0 bridgehead atoms. The highest BCUT2D eigenvalue weighted by atomic mass is 32.2. The molecule has 0 saturated heterocycles. The highest BCUT2D eigenvalue weighted by Gasteiger charge is 2.15. The molecule has 0 aromatic carbocycles. The number of carboxylic acid groups (broad SMARTS) is 1. The van der Waals surface area contributed by atoms with E-state index in [0.29, 0.717) is 4.72 Å². The molecule has 0 heterocycles. The van der Waals surface area contributed by atoms with Crippen LogP contribution in [0.5, 0.6) is 0 Å². The summed E-state index contributed by atoms with van der Waals surface area (Å²) in [4.78, 5) is 9.84. The van der Waals surface area contributed by atoms with Crippen LogP contribution in [-0.2, 0) is 15.0 Å². The molecule has 2 N–H and O–H groups in total. The summed E-state index contributed by atoms with van der Waals surface area (Å²) in [6.07, 6.45) is 0. The third kappa shape index (κ3) is 3.91. The predicted molar refractivity (Wildman–Crippen MR) is 34.4 cm³/mol. The van der Waals surface area contributed by atoms with Gasteiger partial charge in [0.1, 0.15) is 6.54 Å². The van der Waals surface area contributed by atoms with Crippen molar-refractivity contribution in [2.45, 2.75) is 0 Å². The molecule has 0 spiro atoms. The van der Waals surface area contributed by atoms with Crippen molar-refractivity contribution >= 4 is 16.2 Å². The maximum absolute atomic E-state index is 10.8. The fourth-order valence-electron chi connectivity index (χ4n) is 0.322. The van der Waals surface area contributed by atoms with E-state index < -0.39 is 22.7 Å².